The van der Waals surface area contributed by atoms with E-state index < -0.39 is 0 Å². The highest BCUT2D eigenvalue weighted by atomic mass is 32.2. The zero-order valence-electron chi connectivity index (χ0n) is 6.86. The van der Waals surface area contributed by atoms with E-state index in [0.717, 1.165) is 0 Å². The molecule has 0 atom stereocenters. The predicted octanol–water partition coefficient (Wildman–Crippen LogP) is 0.445. The van der Waals surface area contributed by atoms with E-state index in [2.05, 4.69) is 22.4 Å². The maximum atomic E-state index is 3.67. The van der Waals surface area contributed by atoms with Crippen molar-refractivity contribution in [2.45, 2.75) is 18.4 Å². The molecule has 2 aliphatic rings. The Morgan fingerprint density at radius 1 is 1.09 bits per heavy atom. The highest BCUT2D eigenvalue weighted by Gasteiger charge is 2.36. The third-order valence-corrected chi connectivity index (χ3v) is 4.08. The monoisotopic (exact) mass is 172 g/mol. The zero-order chi connectivity index (χ0) is 7.57. The van der Waals surface area contributed by atoms with E-state index in [9.17, 15) is 0 Å². The summed E-state index contributed by atoms with van der Waals surface area (Å²) in [5, 5.41) is 7.13. The van der Waals surface area contributed by atoms with Gasteiger partial charge >= 0.3 is 0 Å². The van der Waals surface area contributed by atoms with E-state index in [1.54, 1.807) is 0 Å². The van der Waals surface area contributed by atoms with Gasteiger partial charge in [-0.25, -0.2) is 0 Å². The lowest BCUT2D eigenvalue weighted by atomic mass is 9.98. The molecule has 2 saturated heterocycles. The number of nitrogens with one attached hydrogen (secondary N) is 2. The van der Waals surface area contributed by atoms with E-state index in [1.165, 1.54) is 44.0 Å². The smallest absolute Gasteiger partial charge is 0.0374 e. The molecule has 0 aliphatic carbocycles. The van der Waals surface area contributed by atoms with Crippen molar-refractivity contribution >= 4 is 11.8 Å². The molecule has 1 spiro atoms. The standard InChI is InChI=1S/C8H16N2S/c1-3-9-5-2-8(10-4-1)6-11-7-8/h9-10H,1-7H2. The van der Waals surface area contributed by atoms with Crippen LogP contribution in [0, 0.1) is 0 Å². The van der Waals surface area contributed by atoms with Crippen LogP contribution in [0.4, 0.5) is 0 Å². The number of rotatable bonds is 0. The molecular weight excluding hydrogens is 156 g/mol. The van der Waals surface area contributed by atoms with Gasteiger partial charge in [0.25, 0.3) is 0 Å². The van der Waals surface area contributed by atoms with Gasteiger partial charge in [0, 0.05) is 17.0 Å². The molecule has 2 nitrogen and oxygen atoms in total. The minimum Gasteiger partial charge on any atom is -0.317 e. The van der Waals surface area contributed by atoms with Crippen molar-refractivity contribution in [3.63, 3.8) is 0 Å². The van der Waals surface area contributed by atoms with Crippen molar-refractivity contribution in [2.24, 2.45) is 0 Å². The molecule has 0 aromatic heterocycles. The highest BCUT2D eigenvalue weighted by Crippen LogP contribution is 2.32. The van der Waals surface area contributed by atoms with E-state index in [-0.39, 0.29) is 0 Å². The molecule has 0 unspecified atom stereocenters. The Morgan fingerprint density at radius 3 is 2.73 bits per heavy atom. The molecule has 11 heavy (non-hydrogen) atoms. The van der Waals surface area contributed by atoms with Crippen LogP contribution in [0.1, 0.15) is 12.8 Å². The number of hydrogen-bond acceptors (Lipinski definition) is 3. The first-order valence-electron chi connectivity index (χ1n) is 4.45. The first kappa shape index (κ1) is 7.90. The van der Waals surface area contributed by atoms with Crippen molar-refractivity contribution in [3.8, 4) is 0 Å². The molecule has 2 N–H and O–H groups in total. The second-order valence-corrected chi connectivity index (χ2v) is 4.54. The molecule has 64 valence electrons. The summed E-state index contributed by atoms with van der Waals surface area (Å²) in [5.41, 5.74) is 0.526. The van der Waals surface area contributed by atoms with E-state index >= 15 is 0 Å². The molecule has 2 aliphatic heterocycles. The largest absolute Gasteiger partial charge is 0.317 e. The van der Waals surface area contributed by atoms with Crippen LogP contribution < -0.4 is 10.6 Å². The Morgan fingerprint density at radius 2 is 2.00 bits per heavy atom. The minimum atomic E-state index is 0.526. The van der Waals surface area contributed by atoms with Crippen LogP contribution in [-0.2, 0) is 0 Å². The van der Waals surface area contributed by atoms with Gasteiger partial charge in [0.05, 0.1) is 0 Å². The molecule has 2 fully saturated rings. The van der Waals surface area contributed by atoms with Gasteiger partial charge in [-0.1, -0.05) is 0 Å². The average Bonchev–Trinajstić information content (AvgIpc) is 1.82. The number of hydrogen-bond donors (Lipinski definition) is 2. The molecule has 0 radical (unpaired) electrons. The zero-order valence-corrected chi connectivity index (χ0v) is 7.67. The third kappa shape index (κ3) is 1.71. The van der Waals surface area contributed by atoms with Gasteiger partial charge in [0.1, 0.15) is 0 Å². The summed E-state index contributed by atoms with van der Waals surface area (Å²) in [7, 11) is 0. The van der Waals surface area contributed by atoms with Crippen LogP contribution in [0.15, 0.2) is 0 Å². The van der Waals surface area contributed by atoms with Gasteiger partial charge in [-0.05, 0) is 32.5 Å². The van der Waals surface area contributed by atoms with Crippen molar-refractivity contribution < 1.29 is 0 Å². The lowest BCUT2D eigenvalue weighted by molar-refractivity contribution is 0.330. The third-order valence-electron chi connectivity index (χ3n) is 2.57. The quantitative estimate of drug-likeness (QED) is 0.554. The van der Waals surface area contributed by atoms with Crippen LogP contribution in [0.5, 0.6) is 0 Å². The van der Waals surface area contributed by atoms with Gasteiger partial charge in [0.15, 0.2) is 0 Å². The van der Waals surface area contributed by atoms with Crippen molar-refractivity contribution in [3.05, 3.63) is 0 Å². The van der Waals surface area contributed by atoms with Crippen molar-refractivity contribution in [2.75, 3.05) is 31.1 Å². The van der Waals surface area contributed by atoms with Gasteiger partial charge in [-0.2, -0.15) is 11.8 Å². The molecule has 2 rings (SSSR count). The summed E-state index contributed by atoms with van der Waals surface area (Å²) in [6.45, 7) is 3.59. The Hall–Kier alpha value is 0.270. The van der Waals surface area contributed by atoms with Gasteiger partial charge < -0.3 is 10.6 Å². The van der Waals surface area contributed by atoms with Crippen LogP contribution in [-0.4, -0.2) is 36.7 Å². The predicted molar refractivity (Wildman–Crippen MR) is 50.2 cm³/mol. The average molecular weight is 172 g/mol. The van der Waals surface area contributed by atoms with Crippen LogP contribution in [0.2, 0.25) is 0 Å². The van der Waals surface area contributed by atoms with Crippen molar-refractivity contribution in [1.29, 1.82) is 0 Å². The summed E-state index contributed by atoms with van der Waals surface area (Å²) in [4.78, 5) is 0. The maximum Gasteiger partial charge on any atom is 0.0374 e. The molecule has 0 aromatic carbocycles. The van der Waals surface area contributed by atoms with Crippen molar-refractivity contribution in [1.82, 2.24) is 10.6 Å². The Balaban J connectivity index is 1.86. The summed E-state index contributed by atoms with van der Waals surface area (Å²) >= 11 is 2.07. The minimum absolute atomic E-state index is 0.526. The Labute approximate surface area is 72.5 Å². The maximum absolute atomic E-state index is 3.67. The number of thioether (sulfide) groups is 1. The summed E-state index contributed by atoms with van der Waals surface area (Å²) in [6, 6.07) is 0. The fraction of sp³-hybridized carbons (Fsp3) is 1.00. The van der Waals surface area contributed by atoms with Crippen LogP contribution in [0.3, 0.4) is 0 Å². The summed E-state index contributed by atoms with van der Waals surface area (Å²) in [5.74, 6) is 2.66. The topological polar surface area (TPSA) is 24.1 Å². The Bertz CT molecular complexity index is 124. The van der Waals surface area contributed by atoms with Gasteiger partial charge in [-0.3, -0.25) is 0 Å². The van der Waals surface area contributed by atoms with Crippen LogP contribution >= 0.6 is 11.8 Å². The normalized spacial score (nSPS) is 30.5. The first-order valence-corrected chi connectivity index (χ1v) is 5.60. The van der Waals surface area contributed by atoms with Gasteiger partial charge in [-0.15, -0.1) is 0 Å². The summed E-state index contributed by atoms with van der Waals surface area (Å²) < 4.78 is 0. The van der Waals surface area contributed by atoms with E-state index in [4.69, 9.17) is 0 Å². The molecule has 0 saturated carbocycles. The molecular formula is C8H16N2S. The van der Waals surface area contributed by atoms with Gasteiger partial charge in [0.2, 0.25) is 0 Å². The lowest BCUT2D eigenvalue weighted by Gasteiger charge is -2.43. The first-order chi connectivity index (χ1) is 5.41. The van der Waals surface area contributed by atoms with E-state index in [1.807, 2.05) is 0 Å². The van der Waals surface area contributed by atoms with Crippen LogP contribution in [0.25, 0.3) is 0 Å². The molecule has 0 amide bonds. The summed E-state index contributed by atoms with van der Waals surface area (Å²) in [6.07, 6.45) is 2.60. The SMILES string of the molecule is C1CNCCC2(CSC2)NC1. The molecule has 2 heterocycles. The molecule has 0 aromatic rings. The fourth-order valence-electron chi connectivity index (χ4n) is 1.70. The van der Waals surface area contributed by atoms with E-state index in [0.29, 0.717) is 5.54 Å². The fourth-order valence-corrected chi connectivity index (χ4v) is 2.89. The molecule has 0 bridgehead atoms. The lowest BCUT2D eigenvalue weighted by Crippen LogP contribution is -2.58. The second kappa shape index (κ2) is 3.33. The second-order valence-electron chi connectivity index (χ2n) is 3.55. The molecule has 3 heteroatoms. The Kier molecular flexibility index (Phi) is 2.39. The highest BCUT2D eigenvalue weighted by molar-refractivity contribution is 8.00.